The maximum absolute atomic E-state index is 12.2. The number of nitrogens with one attached hydrogen (secondary N) is 1. The van der Waals surface area contributed by atoms with Crippen molar-refractivity contribution in [2.75, 3.05) is 32.1 Å². The second-order valence-corrected chi connectivity index (χ2v) is 5.53. The van der Waals surface area contributed by atoms with Crippen LogP contribution in [0.15, 0.2) is 18.2 Å². The minimum atomic E-state index is -0.0783. The normalized spacial score (nSPS) is 19.0. The van der Waals surface area contributed by atoms with Gasteiger partial charge in [0, 0.05) is 12.5 Å². The quantitative estimate of drug-likeness (QED) is 0.841. The van der Waals surface area contributed by atoms with Gasteiger partial charge >= 0.3 is 0 Å². The lowest BCUT2D eigenvalue weighted by atomic mass is 10.00. The summed E-state index contributed by atoms with van der Waals surface area (Å²) >= 11 is 0. The zero-order chi connectivity index (χ0) is 15.2. The Bertz CT molecular complexity index is 516. The number of carbonyl (C=O) groups is 2. The van der Waals surface area contributed by atoms with Gasteiger partial charge in [-0.05, 0) is 44.0 Å². The van der Waals surface area contributed by atoms with Crippen molar-refractivity contribution in [1.29, 1.82) is 0 Å². The van der Waals surface area contributed by atoms with Crippen molar-refractivity contribution >= 4 is 17.9 Å². The van der Waals surface area contributed by atoms with Crippen LogP contribution in [-0.4, -0.2) is 43.8 Å². The van der Waals surface area contributed by atoms with E-state index in [1.54, 1.807) is 7.11 Å². The standard InChI is InChI=1S/C16H22N2O3/c1-12-5-6-15(21-2)14(8-12)17-16(20)10-18-7-3-4-13(9-18)11-19/h5-6,8,11,13H,3-4,7,9-10H2,1-2H3,(H,17,20). The molecule has 0 spiro atoms. The Morgan fingerprint density at radius 1 is 1.52 bits per heavy atom. The van der Waals surface area contributed by atoms with Crippen LogP contribution in [0.3, 0.4) is 0 Å². The number of piperidine rings is 1. The van der Waals surface area contributed by atoms with E-state index in [1.165, 1.54) is 0 Å². The number of aryl methyl sites for hydroxylation is 1. The fraction of sp³-hybridized carbons (Fsp3) is 0.500. The fourth-order valence-corrected chi connectivity index (χ4v) is 2.66. The number of hydrogen-bond donors (Lipinski definition) is 1. The highest BCUT2D eigenvalue weighted by Gasteiger charge is 2.21. The predicted octanol–water partition coefficient (Wildman–Crippen LogP) is 1.85. The van der Waals surface area contributed by atoms with Crippen molar-refractivity contribution in [2.45, 2.75) is 19.8 Å². The SMILES string of the molecule is COc1ccc(C)cc1NC(=O)CN1CCCC(C=O)C1. The van der Waals surface area contributed by atoms with Crippen LogP contribution in [0.5, 0.6) is 5.75 Å². The number of carbonyl (C=O) groups excluding carboxylic acids is 2. The molecule has 1 atom stereocenters. The molecular weight excluding hydrogens is 268 g/mol. The molecule has 1 saturated heterocycles. The minimum Gasteiger partial charge on any atom is -0.495 e. The van der Waals surface area contributed by atoms with E-state index in [0.717, 1.165) is 31.2 Å². The minimum absolute atomic E-state index is 0.0556. The van der Waals surface area contributed by atoms with Crippen LogP contribution in [0.1, 0.15) is 18.4 Å². The van der Waals surface area contributed by atoms with Crippen LogP contribution in [0.4, 0.5) is 5.69 Å². The first-order chi connectivity index (χ1) is 10.1. The van der Waals surface area contributed by atoms with E-state index in [-0.39, 0.29) is 11.8 Å². The number of nitrogens with zero attached hydrogens (tertiary/aromatic N) is 1. The third kappa shape index (κ3) is 4.29. The largest absolute Gasteiger partial charge is 0.495 e. The monoisotopic (exact) mass is 290 g/mol. The lowest BCUT2D eigenvalue weighted by Crippen LogP contribution is -2.40. The van der Waals surface area contributed by atoms with E-state index < -0.39 is 0 Å². The zero-order valence-electron chi connectivity index (χ0n) is 12.6. The van der Waals surface area contributed by atoms with Gasteiger partial charge in [0.05, 0.1) is 19.3 Å². The Kier molecular flexibility index (Phi) is 5.33. The van der Waals surface area contributed by atoms with E-state index in [0.29, 0.717) is 24.5 Å². The molecule has 5 heteroatoms. The number of aldehydes is 1. The molecule has 1 aromatic carbocycles. The van der Waals surface area contributed by atoms with Crippen molar-refractivity contribution in [2.24, 2.45) is 5.92 Å². The van der Waals surface area contributed by atoms with Gasteiger partial charge in [-0.3, -0.25) is 9.69 Å². The fourth-order valence-electron chi connectivity index (χ4n) is 2.66. The molecule has 0 saturated carbocycles. The van der Waals surface area contributed by atoms with Gasteiger partial charge in [0.15, 0.2) is 0 Å². The molecule has 1 aliphatic heterocycles. The van der Waals surface area contributed by atoms with Gasteiger partial charge < -0.3 is 14.8 Å². The van der Waals surface area contributed by atoms with Gasteiger partial charge in [-0.1, -0.05) is 6.07 Å². The Hall–Kier alpha value is -1.88. The first kappa shape index (κ1) is 15.5. The zero-order valence-corrected chi connectivity index (χ0v) is 12.6. The Morgan fingerprint density at radius 2 is 2.33 bits per heavy atom. The number of ether oxygens (including phenoxy) is 1. The Labute approximate surface area is 125 Å². The average molecular weight is 290 g/mol. The smallest absolute Gasteiger partial charge is 0.238 e. The molecule has 0 bridgehead atoms. The lowest BCUT2D eigenvalue weighted by molar-refractivity contribution is -0.119. The van der Waals surface area contributed by atoms with E-state index in [2.05, 4.69) is 5.32 Å². The van der Waals surface area contributed by atoms with Crippen LogP contribution in [0.2, 0.25) is 0 Å². The summed E-state index contributed by atoms with van der Waals surface area (Å²) in [6.45, 7) is 3.81. The first-order valence-corrected chi connectivity index (χ1v) is 7.24. The summed E-state index contributed by atoms with van der Waals surface area (Å²) in [5.41, 5.74) is 1.75. The molecule has 1 fully saturated rings. The summed E-state index contributed by atoms with van der Waals surface area (Å²) in [6, 6.07) is 5.67. The van der Waals surface area contributed by atoms with Crippen molar-refractivity contribution < 1.29 is 14.3 Å². The highest BCUT2D eigenvalue weighted by molar-refractivity contribution is 5.93. The molecule has 0 aliphatic carbocycles. The Balaban J connectivity index is 1.95. The Morgan fingerprint density at radius 3 is 3.05 bits per heavy atom. The molecule has 1 unspecified atom stereocenters. The molecule has 0 radical (unpaired) electrons. The topological polar surface area (TPSA) is 58.6 Å². The molecular formula is C16H22N2O3. The van der Waals surface area contributed by atoms with Crippen molar-refractivity contribution in [3.63, 3.8) is 0 Å². The van der Waals surface area contributed by atoms with Crippen LogP contribution >= 0.6 is 0 Å². The van der Waals surface area contributed by atoms with Gasteiger partial charge in [-0.15, -0.1) is 0 Å². The van der Waals surface area contributed by atoms with Gasteiger partial charge in [0.25, 0.3) is 0 Å². The van der Waals surface area contributed by atoms with E-state index in [1.807, 2.05) is 30.0 Å². The lowest BCUT2D eigenvalue weighted by Gasteiger charge is -2.29. The molecule has 1 N–H and O–H groups in total. The van der Waals surface area contributed by atoms with Crippen LogP contribution in [0.25, 0.3) is 0 Å². The third-order valence-corrected chi connectivity index (χ3v) is 3.73. The van der Waals surface area contributed by atoms with Gasteiger partial charge in [-0.25, -0.2) is 0 Å². The number of benzene rings is 1. The van der Waals surface area contributed by atoms with E-state index in [4.69, 9.17) is 4.74 Å². The molecule has 1 heterocycles. The highest BCUT2D eigenvalue weighted by Crippen LogP contribution is 2.25. The van der Waals surface area contributed by atoms with E-state index in [9.17, 15) is 9.59 Å². The van der Waals surface area contributed by atoms with Crippen molar-refractivity contribution in [3.05, 3.63) is 23.8 Å². The summed E-state index contributed by atoms with van der Waals surface area (Å²) < 4.78 is 5.25. The summed E-state index contributed by atoms with van der Waals surface area (Å²) in [5.74, 6) is 0.629. The predicted molar refractivity (Wildman–Crippen MR) is 81.6 cm³/mol. The third-order valence-electron chi connectivity index (χ3n) is 3.73. The molecule has 5 nitrogen and oxygen atoms in total. The number of amides is 1. The molecule has 1 aromatic rings. The van der Waals surface area contributed by atoms with Crippen LogP contribution in [-0.2, 0) is 9.59 Å². The maximum atomic E-state index is 12.2. The molecule has 0 aromatic heterocycles. The summed E-state index contributed by atoms with van der Waals surface area (Å²) in [4.78, 5) is 25.0. The second-order valence-electron chi connectivity index (χ2n) is 5.53. The maximum Gasteiger partial charge on any atom is 0.238 e. The number of anilines is 1. The van der Waals surface area contributed by atoms with E-state index >= 15 is 0 Å². The number of rotatable bonds is 5. The number of methoxy groups -OCH3 is 1. The van der Waals surface area contributed by atoms with Crippen molar-refractivity contribution in [1.82, 2.24) is 4.90 Å². The van der Waals surface area contributed by atoms with Crippen molar-refractivity contribution in [3.8, 4) is 5.75 Å². The average Bonchev–Trinajstić information content (AvgIpc) is 2.47. The molecule has 114 valence electrons. The summed E-state index contributed by atoms with van der Waals surface area (Å²) in [5, 5.41) is 2.89. The molecule has 1 amide bonds. The van der Waals surface area contributed by atoms with Crippen LogP contribution in [0, 0.1) is 12.8 Å². The molecule has 2 rings (SSSR count). The molecule has 1 aliphatic rings. The van der Waals surface area contributed by atoms with Gasteiger partial charge in [0.2, 0.25) is 5.91 Å². The molecule has 21 heavy (non-hydrogen) atoms. The summed E-state index contributed by atoms with van der Waals surface area (Å²) in [7, 11) is 1.58. The van der Waals surface area contributed by atoms with Gasteiger partial charge in [0.1, 0.15) is 12.0 Å². The van der Waals surface area contributed by atoms with Crippen LogP contribution < -0.4 is 10.1 Å². The second kappa shape index (κ2) is 7.22. The van der Waals surface area contributed by atoms with Gasteiger partial charge in [-0.2, -0.15) is 0 Å². The summed E-state index contributed by atoms with van der Waals surface area (Å²) in [6.07, 6.45) is 2.88. The number of likely N-dealkylation sites (tertiary alicyclic amines) is 1. The number of hydrogen-bond acceptors (Lipinski definition) is 4. The highest BCUT2D eigenvalue weighted by atomic mass is 16.5. The first-order valence-electron chi connectivity index (χ1n) is 7.24.